The molecule has 1 amide bonds. The number of aromatic nitrogens is 3. The third-order valence-electron chi connectivity index (χ3n) is 5.69. The molecule has 40 heavy (non-hydrogen) atoms. The molecule has 214 valence electrons. The van der Waals surface area contributed by atoms with Crippen molar-refractivity contribution in [1.29, 1.82) is 0 Å². The first-order chi connectivity index (χ1) is 19.4. The normalized spacial score (nSPS) is 11.8. The average Bonchev–Trinajstić information content (AvgIpc) is 3.55. The van der Waals surface area contributed by atoms with Gasteiger partial charge in [0.05, 0.1) is 41.3 Å². The molecular formula is C28H33F3N6O2S. The molecule has 4 heterocycles. The number of alkyl halides is 2. The molecule has 0 atom stereocenters. The van der Waals surface area contributed by atoms with Crippen LogP contribution in [-0.4, -0.2) is 45.8 Å². The van der Waals surface area contributed by atoms with Gasteiger partial charge >= 0.3 is 0 Å². The topological polar surface area (TPSA) is 92.6 Å². The van der Waals surface area contributed by atoms with Crippen LogP contribution in [0, 0.1) is 5.82 Å². The summed E-state index contributed by atoms with van der Waals surface area (Å²) >= 11 is 3.78. The Balaban J connectivity index is 0.000000570. The summed E-state index contributed by atoms with van der Waals surface area (Å²) in [7, 11) is 0. The molecule has 0 unspecified atom stereocenters. The molecule has 3 aromatic heterocycles. The van der Waals surface area contributed by atoms with Gasteiger partial charge in [0.1, 0.15) is 17.3 Å². The van der Waals surface area contributed by atoms with Crippen LogP contribution < -0.4 is 16.0 Å². The highest BCUT2D eigenvalue weighted by Crippen LogP contribution is 2.35. The predicted octanol–water partition coefficient (Wildman–Crippen LogP) is 5.81. The van der Waals surface area contributed by atoms with Crippen LogP contribution in [0.2, 0.25) is 0 Å². The van der Waals surface area contributed by atoms with E-state index in [9.17, 15) is 18.0 Å². The number of nitrogens with one attached hydrogen (secondary N) is 3. The molecule has 0 fully saturated rings. The van der Waals surface area contributed by atoms with Gasteiger partial charge in [0.2, 0.25) is 0 Å². The number of benzene rings is 1. The zero-order valence-corrected chi connectivity index (χ0v) is 23.4. The van der Waals surface area contributed by atoms with E-state index in [2.05, 4.69) is 38.5 Å². The summed E-state index contributed by atoms with van der Waals surface area (Å²) < 4.78 is 44.7. The number of fused-ring (bicyclic) bond motifs is 2. The van der Waals surface area contributed by atoms with Gasteiger partial charge in [-0.1, -0.05) is 26.0 Å². The van der Waals surface area contributed by atoms with Gasteiger partial charge in [-0.2, -0.15) is 12.6 Å². The molecule has 0 radical (unpaired) electrons. The number of thiol groups is 1. The largest absolute Gasteiger partial charge is 0.371 e. The van der Waals surface area contributed by atoms with E-state index in [1.54, 1.807) is 41.1 Å². The molecule has 0 spiro atoms. The number of halogens is 3. The summed E-state index contributed by atoms with van der Waals surface area (Å²) in [6, 6.07) is 11.6. The Morgan fingerprint density at radius 3 is 2.70 bits per heavy atom. The second kappa shape index (κ2) is 15.2. The molecule has 1 aliphatic heterocycles. The molecule has 0 bridgehead atoms. The summed E-state index contributed by atoms with van der Waals surface area (Å²) in [5.41, 5.74) is 4.49. The predicted molar refractivity (Wildman–Crippen MR) is 154 cm³/mol. The van der Waals surface area contributed by atoms with E-state index in [0.717, 1.165) is 23.4 Å². The Bertz CT molecular complexity index is 1410. The van der Waals surface area contributed by atoms with Crippen molar-refractivity contribution in [2.75, 3.05) is 24.4 Å². The second-order valence-corrected chi connectivity index (χ2v) is 8.45. The van der Waals surface area contributed by atoms with Crippen LogP contribution in [0.3, 0.4) is 0 Å². The maximum Gasteiger partial charge on any atom is 0.254 e. The summed E-state index contributed by atoms with van der Waals surface area (Å²) in [6.45, 7) is 6.84. The highest BCUT2D eigenvalue weighted by molar-refractivity contribution is 7.80. The quantitative estimate of drug-likeness (QED) is 0.149. The first kappa shape index (κ1) is 30.9. The number of pyridine rings is 2. The van der Waals surface area contributed by atoms with Crippen molar-refractivity contribution in [2.24, 2.45) is 0 Å². The van der Waals surface area contributed by atoms with Crippen LogP contribution in [-0.2, 0) is 17.8 Å². The number of carbonyl (C=O) groups is 1. The lowest BCUT2D eigenvalue weighted by Crippen LogP contribution is -2.21. The van der Waals surface area contributed by atoms with E-state index in [4.69, 9.17) is 4.74 Å². The summed E-state index contributed by atoms with van der Waals surface area (Å²) in [4.78, 5) is 21.4. The highest BCUT2D eigenvalue weighted by atomic mass is 32.1. The third-order valence-corrected chi connectivity index (χ3v) is 5.87. The van der Waals surface area contributed by atoms with Gasteiger partial charge in [-0.3, -0.25) is 9.20 Å². The van der Waals surface area contributed by atoms with Gasteiger partial charge in [-0.15, -0.1) is 0 Å². The molecule has 1 aromatic carbocycles. The van der Waals surface area contributed by atoms with E-state index in [-0.39, 0.29) is 18.3 Å². The molecule has 0 saturated carbocycles. The SMILES string of the molecule is CC.CCOCS.O=C1NCc2c(-c3cnc4cc(F)ccn34)ccc(Nc3cccc(CNCC(F)F)n3)c21. The van der Waals surface area contributed by atoms with Crippen LogP contribution in [0.1, 0.15) is 42.4 Å². The number of hydrogen-bond acceptors (Lipinski definition) is 7. The lowest BCUT2D eigenvalue weighted by molar-refractivity contribution is 0.0966. The van der Waals surface area contributed by atoms with Crippen LogP contribution >= 0.6 is 12.6 Å². The monoisotopic (exact) mass is 574 g/mol. The van der Waals surface area contributed by atoms with Gasteiger partial charge in [0.25, 0.3) is 12.3 Å². The fourth-order valence-corrected chi connectivity index (χ4v) is 4.22. The van der Waals surface area contributed by atoms with Crippen LogP contribution in [0.4, 0.5) is 24.7 Å². The number of ether oxygens (including phenoxy) is 1. The highest BCUT2D eigenvalue weighted by Gasteiger charge is 2.27. The standard InChI is InChI=1S/C23H19F3N6O.C3H8OS.C2H6/c24-13-6-7-32-18(11-28-21(32)8-13)15-4-5-17(22-16(15)10-29-23(22)33)31-20-3-1-2-14(30-20)9-27-12-19(25)26;1-2-4-3-5;1-2/h1-8,11,19,27H,9-10,12H2,(H,29,33)(H,30,31);5H,2-3H2,1H3;1-2H3. The number of rotatable bonds is 9. The van der Waals surface area contributed by atoms with Gasteiger partial charge < -0.3 is 20.7 Å². The molecular weight excluding hydrogens is 541 g/mol. The smallest absolute Gasteiger partial charge is 0.254 e. The zero-order chi connectivity index (χ0) is 29.1. The number of anilines is 2. The zero-order valence-electron chi connectivity index (χ0n) is 22.5. The van der Waals surface area contributed by atoms with Gasteiger partial charge in [-0.05, 0) is 36.8 Å². The van der Waals surface area contributed by atoms with Crippen molar-refractivity contribution in [3.8, 4) is 11.3 Å². The number of carbonyl (C=O) groups excluding carboxylic acids is 1. The fraction of sp³-hybridized carbons (Fsp3) is 0.321. The molecule has 8 nitrogen and oxygen atoms in total. The van der Waals surface area contributed by atoms with E-state index in [1.165, 1.54) is 12.1 Å². The molecule has 1 aliphatic rings. The molecule has 3 N–H and O–H groups in total. The number of hydrogen-bond donors (Lipinski definition) is 4. The van der Waals surface area contributed by atoms with Crippen molar-refractivity contribution in [2.45, 2.75) is 40.3 Å². The minimum absolute atomic E-state index is 0.201. The first-order valence-corrected chi connectivity index (χ1v) is 13.5. The lowest BCUT2D eigenvalue weighted by atomic mass is 9.99. The Morgan fingerprint density at radius 2 is 2.00 bits per heavy atom. The van der Waals surface area contributed by atoms with E-state index >= 15 is 0 Å². The van der Waals surface area contributed by atoms with Crippen molar-refractivity contribution >= 4 is 35.7 Å². The van der Waals surface area contributed by atoms with Crippen LogP contribution in [0.15, 0.2) is 54.9 Å². The van der Waals surface area contributed by atoms with Gasteiger partial charge in [-0.25, -0.2) is 23.1 Å². The van der Waals surface area contributed by atoms with Crippen molar-refractivity contribution < 1.29 is 22.7 Å². The Labute approximate surface area is 236 Å². The van der Waals surface area contributed by atoms with Crippen LogP contribution in [0.25, 0.3) is 16.9 Å². The molecule has 12 heteroatoms. The summed E-state index contributed by atoms with van der Waals surface area (Å²) in [5, 5.41) is 8.67. The van der Waals surface area contributed by atoms with Crippen molar-refractivity contribution in [1.82, 2.24) is 25.0 Å². The summed E-state index contributed by atoms with van der Waals surface area (Å²) in [6.07, 6.45) is 0.822. The van der Waals surface area contributed by atoms with Gasteiger partial charge in [0.15, 0.2) is 0 Å². The maximum atomic E-state index is 13.6. The minimum atomic E-state index is -2.43. The van der Waals surface area contributed by atoms with E-state index < -0.39 is 13.0 Å². The van der Waals surface area contributed by atoms with Crippen molar-refractivity contribution in [3.63, 3.8) is 0 Å². The maximum absolute atomic E-state index is 13.6. The minimum Gasteiger partial charge on any atom is -0.371 e. The Morgan fingerprint density at radius 1 is 1.20 bits per heavy atom. The number of imidazole rings is 1. The number of amides is 1. The van der Waals surface area contributed by atoms with Gasteiger partial charge in [0, 0.05) is 37.5 Å². The average molecular weight is 575 g/mol. The molecule has 5 rings (SSSR count). The number of nitrogens with zero attached hydrogens (tertiary/aromatic N) is 3. The Hall–Kier alpha value is -3.61. The fourth-order valence-electron chi connectivity index (χ4n) is 4.03. The third kappa shape index (κ3) is 7.74. The van der Waals surface area contributed by atoms with E-state index in [0.29, 0.717) is 40.9 Å². The lowest BCUT2D eigenvalue weighted by Gasteiger charge is -2.13. The molecule has 4 aromatic rings. The van der Waals surface area contributed by atoms with Crippen molar-refractivity contribution in [3.05, 3.63) is 77.5 Å². The Kier molecular flexibility index (Phi) is 11.8. The summed E-state index contributed by atoms with van der Waals surface area (Å²) in [5.74, 6) is 0.437. The molecule has 0 aliphatic carbocycles. The van der Waals surface area contributed by atoms with Crippen LogP contribution in [0.5, 0.6) is 0 Å². The first-order valence-electron chi connectivity index (χ1n) is 12.9. The van der Waals surface area contributed by atoms with E-state index in [1.807, 2.05) is 26.8 Å². The second-order valence-electron chi connectivity index (χ2n) is 8.20. The molecule has 0 saturated heterocycles.